The number of benzene rings is 1. The molecule has 3 rings (SSSR count). The third-order valence-corrected chi connectivity index (χ3v) is 9.81. The van der Waals surface area contributed by atoms with Crippen LogP contribution in [0.25, 0.3) is 5.57 Å². The molecule has 40 heavy (non-hydrogen) atoms. The van der Waals surface area contributed by atoms with Crippen LogP contribution in [0.3, 0.4) is 0 Å². The molecular weight excluding hydrogens is 494 g/mol. The maximum absolute atomic E-state index is 14.9. The zero-order valence-electron chi connectivity index (χ0n) is 26.2. The van der Waals surface area contributed by atoms with Crippen molar-refractivity contribution in [3.8, 4) is 0 Å². The first-order chi connectivity index (χ1) is 19.6. The van der Waals surface area contributed by atoms with Gasteiger partial charge in [-0.1, -0.05) is 134 Å². The second kappa shape index (κ2) is 19.6. The van der Waals surface area contributed by atoms with Gasteiger partial charge in [0.05, 0.1) is 0 Å². The Bertz CT molecular complexity index is 864. The van der Waals surface area contributed by atoms with E-state index in [2.05, 4.69) is 26.0 Å². The molecule has 1 saturated carbocycles. The van der Waals surface area contributed by atoms with Gasteiger partial charge < -0.3 is 0 Å². The summed E-state index contributed by atoms with van der Waals surface area (Å²) in [5.74, 6) is 0.934. The zero-order valence-corrected chi connectivity index (χ0v) is 26.2. The number of rotatable bonds is 20. The minimum Gasteiger partial charge on any atom is -0.207 e. The molecule has 2 heteroatoms. The summed E-state index contributed by atoms with van der Waals surface area (Å²) in [7, 11) is 0. The minimum absolute atomic E-state index is 0.283. The smallest absolute Gasteiger partial charge is 0.129 e. The van der Waals surface area contributed by atoms with E-state index in [1.165, 1.54) is 122 Å². The lowest BCUT2D eigenvalue weighted by Crippen LogP contribution is -2.17. The number of hydrogen-bond donors (Lipinski definition) is 0. The molecule has 0 aromatic heterocycles. The molecule has 1 fully saturated rings. The molecule has 0 radical (unpaired) electrons. The van der Waals surface area contributed by atoms with Gasteiger partial charge in [0.1, 0.15) is 11.6 Å². The van der Waals surface area contributed by atoms with Gasteiger partial charge in [0.25, 0.3) is 0 Å². The molecule has 0 bridgehead atoms. The monoisotopic (exact) mass is 554 g/mol. The molecule has 1 aromatic rings. The van der Waals surface area contributed by atoms with Gasteiger partial charge >= 0.3 is 0 Å². The highest BCUT2D eigenvalue weighted by atomic mass is 19.1. The van der Waals surface area contributed by atoms with Crippen LogP contribution in [0.5, 0.6) is 0 Å². The molecule has 0 N–H and O–H groups in total. The maximum Gasteiger partial charge on any atom is 0.129 e. The first kappa shape index (κ1) is 33.1. The highest BCUT2D eigenvalue weighted by molar-refractivity contribution is 5.69. The van der Waals surface area contributed by atoms with Crippen molar-refractivity contribution in [2.45, 2.75) is 168 Å². The van der Waals surface area contributed by atoms with Crippen molar-refractivity contribution < 1.29 is 8.78 Å². The van der Waals surface area contributed by atoms with Crippen LogP contribution in [0.2, 0.25) is 0 Å². The Morgan fingerprint density at radius 1 is 0.600 bits per heavy atom. The van der Waals surface area contributed by atoms with Gasteiger partial charge in [-0.3, -0.25) is 0 Å². The van der Waals surface area contributed by atoms with Crippen LogP contribution in [-0.4, -0.2) is 0 Å². The highest BCUT2D eigenvalue weighted by Crippen LogP contribution is 2.40. The Kier molecular flexibility index (Phi) is 16.2. The molecule has 0 unspecified atom stereocenters. The average molecular weight is 555 g/mol. The van der Waals surface area contributed by atoms with Crippen LogP contribution in [0.4, 0.5) is 8.78 Å². The predicted octanol–water partition coefficient (Wildman–Crippen LogP) is 13.1. The molecule has 0 aliphatic heterocycles. The Morgan fingerprint density at radius 2 is 1.12 bits per heavy atom. The number of allylic oxidation sites excluding steroid dienone is 4. The number of halogens is 2. The molecule has 1 aromatic carbocycles. The van der Waals surface area contributed by atoms with E-state index in [0.717, 1.165) is 48.7 Å². The fourth-order valence-electron chi connectivity index (χ4n) is 7.09. The van der Waals surface area contributed by atoms with Gasteiger partial charge in [0.2, 0.25) is 0 Å². The standard InChI is InChI=1S/C38H60F2/c1-3-5-7-9-11-13-15-17-19-31-21-23-32(24-22-31)33-25-27-34(28-26-33)35-29-37(39)36(38(40)30-35)20-18-16-14-12-10-8-6-4-2/h25,27,29-32H,3-24,26,28H2,1-2H3. The lowest BCUT2D eigenvalue weighted by atomic mass is 9.74. The second-order valence-corrected chi connectivity index (χ2v) is 13.1. The van der Waals surface area contributed by atoms with E-state index >= 15 is 0 Å². The van der Waals surface area contributed by atoms with Gasteiger partial charge in [-0.2, -0.15) is 0 Å². The summed E-state index contributed by atoms with van der Waals surface area (Å²) >= 11 is 0. The van der Waals surface area contributed by atoms with Gasteiger partial charge in [0.15, 0.2) is 0 Å². The third kappa shape index (κ3) is 11.8. The normalized spacial score (nSPS) is 19.5. The van der Waals surface area contributed by atoms with E-state index < -0.39 is 0 Å². The van der Waals surface area contributed by atoms with Crippen LogP contribution >= 0.6 is 0 Å². The van der Waals surface area contributed by atoms with Crippen molar-refractivity contribution in [1.29, 1.82) is 0 Å². The Morgan fingerprint density at radius 3 is 1.65 bits per heavy atom. The fourth-order valence-corrected chi connectivity index (χ4v) is 7.09. The zero-order chi connectivity index (χ0) is 28.4. The van der Waals surface area contributed by atoms with Crippen molar-refractivity contribution in [3.05, 3.63) is 52.6 Å². The van der Waals surface area contributed by atoms with Crippen LogP contribution < -0.4 is 0 Å². The summed E-state index contributed by atoms with van der Waals surface area (Å²) in [5.41, 5.74) is 3.68. The molecule has 0 atom stereocenters. The van der Waals surface area contributed by atoms with E-state index in [9.17, 15) is 8.78 Å². The molecule has 0 spiro atoms. The molecule has 2 aliphatic rings. The molecule has 0 saturated heterocycles. The quantitative estimate of drug-likeness (QED) is 0.141. The van der Waals surface area contributed by atoms with Gasteiger partial charge in [-0.05, 0) is 86.5 Å². The minimum atomic E-state index is -0.358. The summed E-state index contributed by atoms with van der Waals surface area (Å²) in [5, 5.41) is 0. The van der Waals surface area contributed by atoms with Crippen LogP contribution in [0, 0.1) is 23.5 Å². The first-order valence-electron chi connectivity index (χ1n) is 17.5. The van der Waals surface area contributed by atoms with Gasteiger partial charge in [-0.25, -0.2) is 8.78 Å². The third-order valence-electron chi connectivity index (χ3n) is 9.81. The van der Waals surface area contributed by atoms with Crippen LogP contribution in [0.15, 0.2) is 29.9 Å². The summed E-state index contributed by atoms with van der Waals surface area (Å²) < 4.78 is 29.8. The first-order valence-corrected chi connectivity index (χ1v) is 17.5. The van der Waals surface area contributed by atoms with E-state index in [1.54, 1.807) is 17.7 Å². The lowest BCUT2D eigenvalue weighted by molar-refractivity contribution is 0.278. The summed E-state index contributed by atoms with van der Waals surface area (Å²) in [6, 6.07) is 3.18. The molecule has 2 aliphatic carbocycles. The molecular formula is C38H60F2. The average Bonchev–Trinajstić information content (AvgIpc) is 2.97. The molecule has 0 heterocycles. The van der Waals surface area contributed by atoms with Crippen molar-refractivity contribution >= 4 is 5.57 Å². The highest BCUT2D eigenvalue weighted by Gasteiger charge is 2.25. The van der Waals surface area contributed by atoms with E-state index in [-0.39, 0.29) is 17.2 Å². The fraction of sp³-hybridized carbons (Fsp3) is 0.737. The van der Waals surface area contributed by atoms with Crippen molar-refractivity contribution in [2.24, 2.45) is 11.8 Å². The number of hydrogen-bond acceptors (Lipinski definition) is 0. The molecule has 0 nitrogen and oxygen atoms in total. The van der Waals surface area contributed by atoms with Crippen LogP contribution in [0.1, 0.15) is 173 Å². The molecule has 0 amide bonds. The number of unbranched alkanes of at least 4 members (excludes halogenated alkanes) is 14. The summed E-state index contributed by atoms with van der Waals surface area (Å²) in [6.07, 6.45) is 34.6. The van der Waals surface area contributed by atoms with Gasteiger partial charge in [0, 0.05) is 5.56 Å². The van der Waals surface area contributed by atoms with E-state index in [0.29, 0.717) is 6.42 Å². The summed E-state index contributed by atoms with van der Waals surface area (Å²) in [6.45, 7) is 4.52. The van der Waals surface area contributed by atoms with Gasteiger partial charge in [-0.15, -0.1) is 0 Å². The Hall–Kier alpha value is -1.44. The van der Waals surface area contributed by atoms with Crippen molar-refractivity contribution in [1.82, 2.24) is 0 Å². The van der Waals surface area contributed by atoms with E-state index in [1.807, 2.05) is 0 Å². The Labute approximate surface area is 246 Å². The predicted molar refractivity (Wildman–Crippen MR) is 171 cm³/mol. The van der Waals surface area contributed by atoms with Crippen molar-refractivity contribution in [2.75, 3.05) is 0 Å². The van der Waals surface area contributed by atoms with E-state index in [4.69, 9.17) is 0 Å². The SMILES string of the molecule is CCCCCCCCCCc1c(F)cc(C2=CC=C(C3CCC(CCCCCCCCCC)CC3)CC2)cc1F. The topological polar surface area (TPSA) is 0 Å². The molecule has 226 valence electrons. The van der Waals surface area contributed by atoms with Crippen LogP contribution in [-0.2, 0) is 6.42 Å². The van der Waals surface area contributed by atoms with Crippen molar-refractivity contribution in [3.63, 3.8) is 0 Å². The second-order valence-electron chi connectivity index (χ2n) is 13.1. The maximum atomic E-state index is 14.9. The summed E-state index contributed by atoms with van der Waals surface area (Å²) in [4.78, 5) is 0. The largest absolute Gasteiger partial charge is 0.207 e. The lowest BCUT2D eigenvalue weighted by Gasteiger charge is -2.31. The Balaban J connectivity index is 1.37.